The third-order valence-corrected chi connectivity index (χ3v) is 6.06. The predicted octanol–water partition coefficient (Wildman–Crippen LogP) is 5.15. The number of benzene rings is 2. The molecule has 3 aromatic rings. The summed E-state index contributed by atoms with van der Waals surface area (Å²) in [5.74, 6) is 0.907. The van der Waals surface area contributed by atoms with Gasteiger partial charge in [0.2, 0.25) is 0 Å². The maximum atomic E-state index is 10.9. The highest BCUT2D eigenvalue weighted by atomic mass is 35.5. The van der Waals surface area contributed by atoms with Crippen LogP contribution in [0.3, 0.4) is 0 Å². The summed E-state index contributed by atoms with van der Waals surface area (Å²) in [6.07, 6.45) is 2.94. The molecule has 0 bridgehead atoms. The van der Waals surface area contributed by atoms with Crippen LogP contribution >= 0.6 is 11.6 Å². The Balaban J connectivity index is 1.41. The van der Waals surface area contributed by atoms with Crippen molar-refractivity contribution in [3.63, 3.8) is 0 Å². The van der Waals surface area contributed by atoms with Crippen LogP contribution in [0.4, 0.5) is 0 Å². The maximum absolute atomic E-state index is 10.9. The van der Waals surface area contributed by atoms with Gasteiger partial charge in [0.15, 0.2) is 5.82 Å². The lowest BCUT2D eigenvalue weighted by Gasteiger charge is -2.29. The number of carboxylic acid groups (broad SMARTS) is 1. The molecule has 1 aliphatic heterocycles. The second kappa shape index (κ2) is 10.3. The average molecular weight is 466 g/mol. The van der Waals surface area contributed by atoms with Crippen LogP contribution in [0.2, 0.25) is 5.02 Å². The van der Waals surface area contributed by atoms with Crippen molar-refractivity contribution in [1.29, 1.82) is 0 Å². The van der Waals surface area contributed by atoms with Crippen molar-refractivity contribution >= 4 is 17.6 Å². The largest absolute Gasteiger partial charge is 0.489 e. The number of carboxylic acids is 1. The van der Waals surface area contributed by atoms with E-state index in [0.29, 0.717) is 17.5 Å². The summed E-state index contributed by atoms with van der Waals surface area (Å²) in [5, 5.41) is 9.69. The monoisotopic (exact) mass is 465 g/mol. The average Bonchev–Trinajstić information content (AvgIpc) is 2.77. The molecule has 172 valence electrons. The number of ether oxygens (including phenoxy) is 1. The summed E-state index contributed by atoms with van der Waals surface area (Å²) in [5.41, 5.74) is 5.19. The van der Waals surface area contributed by atoms with Gasteiger partial charge in [-0.15, -0.1) is 0 Å². The molecule has 1 unspecified atom stereocenters. The summed E-state index contributed by atoms with van der Waals surface area (Å²) in [6.45, 7) is 6.86. The quantitative estimate of drug-likeness (QED) is 0.495. The fraction of sp³-hybridized carbons (Fsp3) is 0.346. The molecule has 2 aromatic carbocycles. The van der Waals surface area contributed by atoms with E-state index in [2.05, 4.69) is 16.0 Å². The Labute approximate surface area is 199 Å². The highest BCUT2D eigenvalue weighted by Crippen LogP contribution is 2.27. The molecule has 0 saturated carbocycles. The van der Waals surface area contributed by atoms with E-state index >= 15 is 0 Å². The minimum atomic E-state index is -0.746. The van der Waals surface area contributed by atoms with E-state index in [-0.39, 0.29) is 12.3 Å². The number of aromatic nitrogens is 2. The fourth-order valence-corrected chi connectivity index (χ4v) is 4.42. The summed E-state index contributed by atoms with van der Waals surface area (Å²) in [6, 6.07) is 13.7. The Kier molecular flexibility index (Phi) is 7.26. The topological polar surface area (TPSA) is 75.6 Å². The van der Waals surface area contributed by atoms with E-state index in [4.69, 9.17) is 26.4 Å². The van der Waals surface area contributed by atoms with Gasteiger partial charge in [-0.25, -0.2) is 9.97 Å². The van der Waals surface area contributed by atoms with Crippen molar-refractivity contribution in [3.8, 4) is 17.1 Å². The lowest BCUT2D eigenvalue weighted by atomic mass is 10.0. The highest BCUT2D eigenvalue weighted by molar-refractivity contribution is 6.30. The minimum Gasteiger partial charge on any atom is -0.489 e. The summed E-state index contributed by atoms with van der Waals surface area (Å²) >= 11 is 6.05. The molecule has 4 rings (SSSR count). The zero-order valence-corrected chi connectivity index (χ0v) is 19.7. The van der Waals surface area contributed by atoms with Gasteiger partial charge in [-0.3, -0.25) is 9.69 Å². The van der Waals surface area contributed by atoms with E-state index in [9.17, 15) is 4.79 Å². The molecule has 1 aliphatic rings. The molecule has 0 saturated heterocycles. The molecular weight excluding hydrogens is 438 g/mol. The van der Waals surface area contributed by atoms with Crippen molar-refractivity contribution in [3.05, 3.63) is 76.1 Å². The Morgan fingerprint density at radius 1 is 1.27 bits per heavy atom. The van der Waals surface area contributed by atoms with Gasteiger partial charge in [0.05, 0.1) is 5.69 Å². The standard InChI is InChI=1S/C26H28ClN3O3/c1-17(10-25(31)32)14-30-9-8-23-21(15-30)13-28-26(29-23)20-6-7-24(18(2)11-20)33-16-19-4-3-5-22(27)12-19/h3-7,11-13,17H,8-10,14-16H2,1-2H3,(H,31,32). The molecule has 2 heterocycles. The van der Waals surface area contributed by atoms with Crippen LogP contribution in [-0.2, 0) is 24.4 Å². The van der Waals surface area contributed by atoms with Crippen LogP contribution in [0, 0.1) is 12.8 Å². The van der Waals surface area contributed by atoms with Gasteiger partial charge in [0.25, 0.3) is 0 Å². The van der Waals surface area contributed by atoms with Crippen LogP contribution in [0.1, 0.15) is 35.7 Å². The Hall–Kier alpha value is -2.96. The van der Waals surface area contributed by atoms with E-state index in [1.165, 1.54) is 0 Å². The predicted molar refractivity (Wildman–Crippen MR) is 128 cm³/mol. The van der Waals surface area contributed by atoms with Gasteiger partial charge < -0.3 is 9.84 Å². The number of halogens is 1. The lowest BCUT2D eigenvalue weighted by Crippen LogP contribution is -2.35. The Morgan fingerprint density at radius 3 is 2.88 bits per heavy atom. The normalized spacial score (nSPS) is 14.5. The van der Waals surface area contributed by atoms with Crippen LogP contribution in [0.25, 0.3) is 11.4 Å². The van der Waals surface area contributed by atoms with Crippen molar-refractivity contribution in [2.75, 3.05) is 13.1 Å². The van der Waals surface area contributed by atoms with Gasteiger partial charge in [0.1, 0.15) is 12.4 Å². The Bertz CT molecular complexity index is 1150. The zero-order chi connectivity index (χ0) is 23.4. The van der Waals surface area contributed by atoms with Gasteiger partial charge >= 0.3 is 5.97 Å². The van der Waals surface area contributed by atoms with Gasteiger partial charge in [0, 0.05) is 54.8 Å². The van der Waals surface area contributed by atoms with Crippen molar-refractivity contribution in [1.82, 2.24) is 14.9 Å². The first-order valence-electron chi connectivity index (χ1n) is 11.1. The number of carbonyl (C=O) groups is 1. The van der Waals surface area contributed by atoms with Gasteiger partial charge in [-0.1, -0.05) is 30.7 Å². The van der Waals surface area contributed by atoms with Crippen molar-refractivity contribution in [2.45, 2.75) is 39.8 Å². The number of nitrogens with zero attached hydrogens (tertiary/aromatic N) is 3. The molecule has 0 radical (unpaired) electrons. The summed E-state index contributed by atoms with van der Waals surface area (Å²) in [4.78, 5) is 22.7. The first kappa shape index (κ1) is 23.2. The molecule has 33 heavy (non-hydrogen) atoms. The molecule has 0 amide bonds. The second-order valence-corrected chi connectivity index (χ2v) is 9.19. The number of hydrogen-bond donors (Lipinski definition) is 1. The molecule has 0 aliphatic carbocycles. The number of aliphatic carboxylic acids is 1. The third kappa shape index (κ3) is 6.09. The summed E-state index contributed by atoms with van der Waals surface area (Å²) in [7, 11) is 0. The minimum absolute atomic E-state index is 0.117. The lowest BCUT2D eigenvalue weighted by molar-refractivity contribution is -0.138. The van der Waals surface area contributed by atoms with E-state index < -0.39 is 5.97 Å². The van der Waals surface area contributed by atoms with Gasteiger partial charge in [-0.05, 0) is 54.3 Å². The first-order chi connectivity index (χ1) is 15.9. The number of rotatable bonds is 8. The number of fused-ring (bicyclic) bond motifs is 1. The molecule has 1 atom stereocenters. The first-order valence-corrected chi connectivity index (χ1v) is 11.5. The van der Waals surface area contributed by atoms with Crippen molar-refractivity contribution in [2.24, 2.45) is 5.92 Å². The third-order valence-electron chi connectivity index (χ3n) is 5.82. The SMILES string of the molecule is Cc1cc(-c2ncc3c(n2)CCN(CC(C)CC(=O)O)C3)ccc1OCc1cccc(Cl)c1. The Morgan fingerprint density at radius 2 is 2.12 bits per heavy atom. The van der Waals surface area contributed by atoms with Crippen LogP contribution in [-0.4, -0.2) is 39.0 Å². The van der Waals surface area contributed by atoms with Crippen LogP contribution in [0.5, 0.6) is 5.75 Å². The molecule has 1 aromatic heterocycles. The highest BCUT2D eigenvalue weighted by Gasteiger charge is 2.21. The van der Waals surface area contributed by atoms with E-state index in [1.54, 1.807) is 0 Å². The number of aryl methyl sites for hydroxylation is 1. The van der Waals surface area contributed by atoms with Gasteiger partial charge in [-0.2, -0.15) is 0 Å². The summed E-state index contributed by atoms with van der Waals surface area (Å²) < 4.78 is 5.98. The molecule has 1 N–H and O–H groups in total. The smallest absolute Gasteiger partial charge is 0.303 e. The maximum Gasteiger partial charge on any atom is 0.303 e. The van der Waals surface area contributed by atoms with Crippen molar-refractivity contribution < 1.29 is 14.6 Å². The molecule has 0 fully saturated rings. The second-order valence-electron chi connectivity index (χ2n) is 8.75. The fourth-order valence-electron chi connectivity index (χ4n) is 4.21. The molecule has 0 spiro atoms. The van der Waals surface area contributed by atoms with E-state index in [0.717, 1.165) is 59.8 Å². The zero-order valence-electron chi connectivity index (χ0n) is 18.9. The molecular formula is C26H28ClN3O3. The van der Waals surface area contributed by atoms with E-state index in [1.807, 2.05) is 56.4 Å². The number of hydrogen-bond acceptors (Lipinski definition) is 5. The van der Waals surface area contributed by atoms with Crippen LogP contribution < -0.4 is 4.74 Å². The van der Waals surface area contributed by atoms with Crippen LogP contribution in [0.15, 0.2) is 48.7 Å². The molecule has 7 heteroatoms. The molecule has 6 nitrogen and oxygen atoms in total.